The van der Waals surface area contributed by atoms with Crippen molar-refractivity contribution in [2.45, 2.75) is 19.8 Å². The molecule has 1 N–H and O–H groups in total. The molecule has 0 saturated carbocycles. The number of hydrogen-bond donors (Lipinski definition) is 1. The van der Waals surface area contributed by atoms with Crippen LogP contribution in [0.2, 0.25) is 0 Å². The summed E-state index contributed by atoms with van der Waals surface area (Å²) in [4.78, 5) is 0.904. The van der Waals surface area contributed by atoms with Gasteiger partial charge in [-0.05, 0) is 25.9 Å². The van der Waals surface area contributed by atoms with Gasteiger partial charge in [0.1, 0.15) is 5.01 Å². The predicted octanol–water partition coefficient (Wildman–Crippen LogP) is 0.817. The van der Waals surface area contributed by atoms with Gasteiger partial charge in [0.25, 0.3) is 0 Å². The molecule has 5 nitrogen and oxygen atoms in total. The average Bonchev–Trinajstić information content (AvgIpc) is 2.65. The summed E-state index contributed by atoms with van der Waals surface area (Å²) in [6.07, 6.45) is 0. The highest BCUT2D eigenvalue weighted by molar-refractivity contribution is 7.16. The van der Waals surface area contributed by atoms with Crippen LogP contribution >= 0.6 is 11.3 Å². The molecule has 1 unspecified atom stereocenters. The van der Waals surface area contributed by atoms with E-state index in [1.54, 1.807) is 11.3 Å². The van der Waals surface area contributed by atoms with Gasteiger partial charge in [-0.25, -0.2) is 0 Å². The van der Waals surface area contributed by atoms with Gasteiger partial charge in [-0.2, -0.15) is 9.61 Å². The molecule has 1 saturated heterocycles. The van der Waals surface area contributed by atoms with E-state index in [-0.39, 0.29) is 0 Å². The topological polar surface area (TPSA) is 55.1 Å². The molecule has 1 atom stereocenters. The smallest absolute Gasteiger partial charge is 0.234 e. The Balaban J connectivity index is 1.96. The summed E-state index contributed by atoms with van der Waals surface area (Å²) in [5.74, 6) is 2.12. The molecule has 1 aliphatic rings. The second kappa shape index (κ2) is 3.24. The van der Waals surface area contributed by atoms with Crippen molar-refractivity contribution in [2.75, 3.05) is 13.1 Å². The maximum absolute atomic E-state index is 4.56. The zero-order valence-electron chi connectivity index (χ0n) is 8.77. The minimum atomic E-state index is 0.525. The zero-order chi connectivity index (χ0) is 10.4. The van der Waals surface area contributed by atoms with Crippen molar-refractivity contribution < 1.29 is 0 Å². The second-order valence-corrected chi connectivity index (χ2v) is 5.08. The van der Waals surface area contributed by atoms with Crippen molar-refractivity contribution in [1.29, 1.82) is 0 Å². The molecule has 0 amide bonds. The molecule has 0 radical (unpaired) electrons. The van der Waals surface area contributed by atoms with Gasteiger partial charge in [0.2, 0.25) is 4.96 Å². The van der Waals surface area contributed by atoms with Crippen LogP contribution in [0.3, 0.4) is 0 Å². The van der Waals surface area contributed by atoms with Gasteiger partial charge in [0.05, 0.1) is 0 Å². The highest BCUT2D eigenvalue weighted by atomic mass is 32.1. The van der Waals surface area contributed by atoms with Crippen molar-refractivity contribution in [1.82, 2.24) is 25.1 Å². The Bertz CT molecular complexity index is 484. The maximum Gasteiger partial charge on any atom is 0.234 e. The van der Waals surface area contributed by atoms with E-state index in [9.17, 15) is 0 Å². The molecule has 1 aliphatic heterocycles. The van der Waals surface area contributed by atoms with Crippen molar-refractivity contribution in [3.05, 3.63) is 10.8 Å². The molecule has 3 heterocycles. The van der Waals surface area contributed by atoms with Crippen LogP contribution in [-0.4, -0.2) is 32.9 Å². The third-order valence-corrected chi connectivity index (χ3v) is 4.17. The van der Waals surface area contributed by atoms with Gasteiger partial charge in [0, 0.05) is 5.92 Å². The van der Waals surface area contributed by atoms with E-state index in [0.29, 0.717) is 5.92 Å². The number of aryl methyl sites for hydroxylation is 1. The Kier molecular flexibility index (Phi) is 2.00. The average molecular weight is 223 g/mol. The first-order valence-electron chi connectivity index (χ1n) is 5.15. The summed E-state index contributed by atoms with van der Waals surface area (Å²) < 4.78 is 1.84. The lowest BCUT2D eigenvalue weighted by Crippen LogP contribution is -2.44. The van der Waals surface area contributed by atoms with Crippen molar-refractivity contribution in [2.24, 2.45) is 5.92 Å². The third kappa shape index (κ3) is 1.36. The fraction of sp³-hybridized carbons (Fsp3) is 0.667. The summed E-state index contributed by atoms with van der Waals surface area (Å²) in [5, 5.41) is 17.1. The Morgan fingerprint density at radius 2 is 2.27 bits per heavy atom. The molecule has 0 aliphatic carbocycles. The lowest BCUT2D eigenvalue weighted by Gasteiger charge is -2.31. The molecule has 0 spiro atoms. The Morgan fingerprint density at radius 1 is 1.47 bits per heavy atom. The molecule has 2 aromatic heterocycles. The van der Waals surface area contributed by atoms with Gasteiger partial charge >= 0.3 is 0 Å². The highest BCUT2D eigenvalue weighted by Gasteiger charge is 2.27. The summed E-state index contributed by atoms with van der Waals surface area (Å²) in [6.45, 7) is 6.40. The standard InChI is InChI=1S/C9H13N5S/c1-5(7-3-10-4-7)8-13-14-6(2)11-12-9(14)15-8/h5,7,10H,3-4H2,1-2H3. The molecule has 80 valence electrons. The SMILES string of the molecule is Cc1nnc2sc(C(C)C3CNC3)nn12. The summed E-state index contributed by atoms with van der Waals surface area (Å²) >= 11 is 1.65. The lowest BCUT2D eigenvalue weighted by molar-refractivity contribution is 0.301. The van der Waals surface area contributed by atoms with Crippen molar-refractivity contribution in [3.63, 3.8) is 0 Å². The quantitative estimate of drug-likeness (QED) is 0.819. The summed E-state index contributed by atoms with van der Waals surface area (Å²) in [5.41, 5.74) is 0. The van der Waals surface area contributed by atoms with Gasteiger partial charge in [-0.3, -0.25) is 0 Å². The number of hydrogen-bond acceptors (Lipinski definition) is 5. The van der Waals surface area contributed by atoms with Gasteiger partial charge < -0.3 is 5.32 Å². The van der Waals surface area contributed by atoms with Gasteiger partial charge in [0.15, 0.2) is 5.82 Å². The number of aromatic nitrogens is 4. The normalized spacial score (nSPS) is 19.3. The van der Waals surface area contributed by atoms with Crippen LogP contribution in [0.4, 0.5) is 0 Å². The first-order chi connectivity index (χ1) is 7.25. The van der Waals surface area contributed by atoms with Crippen LogP contribution in [0.1, 0.15) is 23.7 Å². The van der Waals surface area contributed by atoms with E-state index in [4.69, 9.17) is 0 Å². The van der Waals surface area contributed by atoms with Crippen LogP contribution in [0.15, 0.2) is 0 Å². The third-order valence-electron chi connectivity index (χ3n) is 3.07. The van der Waals surface area contributed by atoms with Crippen molar-refractivity contribution in [3.8, 4) is 0 Å². The molecular formula is C9H13N5S. The molecule has 15 heavy (non-hydrogen) atoms. The van der Waals surface area contributed by atoms with Crippen LogP contribution < -0.4 is 5.32 Å². The van der Waals surface area contributed by atoms with Crippen LogP contribution in [0.25, 0.3) is 4.96 Å². The van der Waals surface area contributed by atoms with Crippen molar-refractivity contribution >= 4 is 16.3 Å². The van der Waals surface area contributed by atoms with E-state index in [2.05, 4.69) is 27.5 Å². The number of rotatable bonds is 2. The molecule has 1 fully saturated rings. The molecule has 3 rings (SSSR count). The highest BCUT2D eigenvalue weighted by Crippen LogP contribution is 2.29. The maximum atomic E-state index is 4.56. The molecule has 2 aromatic rings. The monoisotopic (exact) mass is 223 g/mol. The Morgan fingerprint density at radius 3 is 2.87 bits per heavy atom. The van der Waals surface area contributed by atoms with Crippen LogP contribution in [0, 0.1) is 12.8 Å². The van der Waals surface area contributed by atoms with Gasteiger partial charge in [-0.15, -0.1) is 10.2 Å². The van der Waals surface area contributed by atoms with E-state index < -0.39 is 0 Å². The summed E-state index contributed by atoms with van der Waals surface area (Å²) in [6, 6.07) is 0. The van der Waals surface area contributed by atoms with E-state index in [1.165, 1.54) is 5.01 Å². The molecular weight excluding hydrogens is 210 g/mol. The Hall–Kier alpha value is -1.01. The Labute approximate surface area is 91.5 Å². The minimum absolute atomic E-state index is 0.525. The minimum Gasteiger partial charge on any atom is -0.316 e. The number of nitrogens with zero attached hydrogens (tertiary/aromatic N) is 4. The first-order valence-corrected chi connectivity index (χ1v) is 5.97. The zero-order valence-corrected chi connectivity index (χ0v) is 9.58. The fourth-order valence-corrected chi connectivity index (χ4v) is 2.81. The van der Waals surface area contributed by atoms with E-state index in [1.807, 2.05) is 11.4 Å². The lowest BCUT2D eigenvalue weighted by atomic mass is 9.90. The summed E-state index contributed by atoms with van der Waals surface area (Å²) in [7, 11) is 0. The molecule has 0 aromatic carbocycles. The first kappa shape index (κ1) is 9.23. The largest absolute Gasteiger partial charge is 0.316 e. The van der Waals surface area contributed by atoms with E-state index in [0.717, 1.165) is 29.8 Å². The number of nitrogens with one attached hydrogen (secondary N) is 1. The fourth-order valence-electron chi connectivity index (χ4n) is 1.78. The van der Waals surface area contributed by atoms with E-state index >= 15 is 0 Å². The second-order valence-electron chi connectivity index (χ2n) is 4.09. The number of fused-ring (bicyclic) bond motifs is 1. The van der Waals surface area contributed by atoms with Crippen LogP contribution in [-0.2, 0) is 0 Å². The molecule has 6 heteroatoms. The predicted molar refractivity (Wildman–Crippen MR) is 58.2 cm³/mol. The van der Waals surface area contributed by atoms with Crippen LogP contribution in [0.5, 0.6) is 0 Å². The molecule has 0 bridgehead atoms. The van der Waals surface area contributed by atoms with Gasteiger partial charge in [-0.1, -0.05) is 18.3 Å².